The topological polar surface area (TPSA) is 120 Å². The van der Waals surface area contributed by atoms with Crippen molar-refractivity contribution in [2.24, 2.45) is 5.92 Å². The van der Waals surface area contributed by atoms with Gasteiger partial charge in [0.15, 0.2) is 6.04 Å². The molecule has 168 valence electrons. The standard InChI is InChI=1S/C22H30N4O5/c27-20-6-5-19(21(28)25-20)26(30)13-17-16(22(26)29)3-1-4-18(17)24-9-2-12-31-14-15-7-10-23-11-8-15/h1,3-4,15,19,23-24H,2,5-14H2,(H,25,27,28). The highest BCUT2D eigenvalue weighted by Crippen LogP contribution is 2.37. The number of ether oxygens (including phenoxy) is 1. The van der Waals surface area contributed by atoms with E-state index >= 15 is 0 Å². The third-order valence-corrected chi connectivity index (χ3v) is 6.45. The summed E-state index contributed by atoms with van der Waals surface area (Å²) in [6, 6.07) is 4.14. The second kappa shape index (κ2) is 9.44. The summed E-state index contributed by atoms with van der Waals surface area (Å²) in [7, 11) is 0. The van der Waals surface area contributed by atoms with Crippen LogP contribution in [-0.2, 0) is 20.9 Å². The van der Waals surface area contributed by atoms with Crippen LogP contribution in [0.5, 0.6) is 0 Å². The Kier molecular flexibility index (Phi) is 6.66. The molecule has 0 aromatic heterocycles. The van der Waals surface area contributed by atoms with E-state index in [0.717, 1.165) is 44.6 Å². The minimum Gasteiger partial charge on any atom is -0.624 e. The summed E-state index contributed by atoms with van der Waals surface area (Å²) in [6.45, 7) is 4.13. The zero-order chi connectivity index (χ0) is 21.8. The van der Waals surface area contributed by atoms with Gasteiger partial charge in [0.25, 0.3) is 5.91 Å². The van der Waals surface area contributed by atoms with Gasteiger partial charge in [0.1, 0.15) is 6.54 Å². The minimum absolute atomic E-state index is 0.0742. The van der Waals surface area contributed by atoms with Crippen molar-refractivity contribution in [1.29, 1.82) is 0 Å². The van der Waals surface area contributed by atoms with Crippen LogP contribution in [0, 0.1) is 11.1 Å². The van der Waals surface area contributed by atoms with Crippen molar-refractivity contribution in [3.63, 3.8) is 0 Å². The van der Waals surface area contributed by atoms with E-state index in [-0.39, 0.29) is 19.4 Å². The van der Waals surface area contributed by atoms with Crippen molar-refractivity contribution < 1.29 is 23.8 Å². The number of rotatable bonds is 8. The first-order valence-corrected chi connectivity index (χ1v) is 11.1. The smallest absolute Gasteiger partial charge is 0.347 e. The number of nitrogens with one attached hydrogen (secondary N) is 3. The molecule has 1 aromatic carbocycles. The van der Waals surface area contributed by atoms with Gasteiger partial charge in [-0.1, -0.05) is 6.07 Å². The van der Waals surface area contributed by atoms with Gasteiger partial charge in [0.2, 0.25) is 5.91 Å². The van der Waals surface area contributed by atoms with Crippen molar-refractivity contribution in [2.45, 2.75) is 44.7 Å². The molecule has 2 atom stereocenters. The molecule has 2 saturated heterocycles. The van der Waals surface area contributed by atoms with Gasteiger partial charge in [-0.2, -0.15) is 0 Å². The molecular formula is C22H30N4O5. The van der Waals surface area contributed by atoms with Crippen molar-refractivity contribution in [1.82, 2.24) is 10.6 Å². The molecule has 2 unspecified atom stereocenters. The van der Waals surface area contributed by atoms with Gasteiger partial charge in [-0.3, -0.25) is 19.6 Å². The monoisotopic (exact) mass is 430 g/mol. The third-order valence-electron chi connectivity index (χ3n) is 6.45. The fourth-order valence-corrected chi connectivity index (χ4v) is 4.66. The lowest BCUT2D eigenvalue weighted by Crippen LogP contribution is -2.60. The van der Waals surface area contributed by atoms with Crippen molar-refractivity contribution in [3.8, 4) is 0 Å². The Morgan fingerprint density at radius 3 is 2.74 bits per heavy atom. The molecule has 2 fully saturated rings. The molecule has 0 bridgehead atoms. The number of hydroxylamine groups is 3. The molecule has 0 saturated carbocycles. The SMILES string of the molecule is O=C1CCC([N+]2([O-])Cc3c(NCCCOCC4CCNCC4)cccc3C2=O)C(=O)N1. The number of piperidine rings is 2. The lowest BCUT2D eigenvalue weighted by molar-refractivity contribution is -0.825. The number of carbonyl (C=O) groups is 3. The van der Waals surface area contributed by atoms with Crippen LogP contribution >= 0.6 is 0 Å². The summed E-state index contributed by atoms with van der Waals surface area (Å²) >= 11 is 0. The number of quaternary nitrogens is 1. The lowest BCUT2D eigenvalue weighted by Gasteiger charge is -2.42. The Labute approximate surface area is 181 Å². The molecule has 1 aromatic rings. The van der Waals surface area contributed by atoms with E-state index in [1.54, 1.807) is 12.1 Å². The average molecular weight is 431 g/mol. The molecule has 0 spiro atoms. The summed E-state index contributed by atoms with van der Waals surface area (Å²) in [4.78, 5) is 36.6. The van der Waals surface area contributed by atoms with Gasteiger partial charge in [0.05, 0.1) is 5.56 Å². The van der Waals surface area contributed by atoms with Gasteiger partial charge >= 0.3 is 5.91 Å². The van der Waals surface area contributed by atoms with E-state index in [9.17, 15) is 19.6 Å². The number of benzene rings is 1. The molecule has 9 heteroatoms. The maximum atomic E-state index is 13.4. The quantitative estimate of drug-likeness (QED) is 0.246. The Bertz CT molecular complexity index is 854. The largest absolute Gasteiger partial charge is 0.624 e. The first-order valence-electron chi connectivity index (χ1n) is 11.1. The summed E-state index contributed by atoms with van der Waals surface area (Å²) in [6.07, 6.45) is 3.29. The Morgan fingerprint density at radius 2 is 1.97 bits per heavy atom. The van der Waals surface area contributed by atoms with E-state index in [1.165, 1.54) is 0 Å². The molecule has 3 heterocycles. The number of carbonyl (C=O) groups excluding carboxylic acids is 3. The van der Waals surface area contributed by atoms with Gasteiger partial charge in [-0.25, -0.2) is 4.79 Å². The second-order valence-electron chi connectivity index (χ2n) is 8.61. The fraction of sp³-hybridized carbons (Fsp3) is 0.591. The normalized spacial score (nSPS) is 26.6. The highest BCUT2D eigenvalue weighted by Gasteiger charge is 2.50. The number of nitrogens with zero attached hydrogens (tertiary/aromatic N) is 1. The predicted molar refractivity (Wildman–Crippen MR) is 114 cm³/mol. The van der Waals surface area contributed by atoms with E-state index in [0.29, 0.717) is 30.2 Å². The van der Waals surface area contributed by atoms with Crippen LogP contribution in [-0.4, -0.2) is 61.3 Å². The van der Waals surface area contributed by atoms with Gasteiger partial charge in [0, 0.05) is 43.9 Å². The van der Waals surface area contributed by atoms with Crippen LogP contribution in [0.1, 0.15) is 48.0 Å². The number of fused-ring (bicyclic) bond motifs is 1. The van der Waals surface area contributed by atoms with Crippen LogP contribution in [0.25, 0.3) is 0 Å². The van der Waals surface area contributed by atoms with Crippen LogP contribution in [0.3, 0.4) is 0 Å². The Morgan fingerprint density at radius 1 is 1.16 bits per heavy atom. The maximum Gasteiger partial charge on any atom is 0.347 e. The van der Waals surface area contributed by atoms with Gasteiger partial charge in [-0.05, 0) is 50.4 Å². The van der Waals surface area contributed by atoms with E-state index in [2.05, 4.69) is 16.0 Å². The molecule has 4 rings (SSSR count). The molecular weight excluding hydrogens is 400 g/mol. The highest BCUT2D eigenvalue weighted by atomic mass is 16.6. The van der Waals surface area contributed by atoms with E-state index < -0.39 is 28.4 Å². The van der Waals surface area contributed by atoms with Crippen molar-refractivity contribution in [3.05, 3.63) is 34.5 Å². The minimum atomic E-state index is -1.26. The predicted octanol–water partition coefficient (Wildman–Crippen LogP) is 1.28. The number of hydrogen-bond acceptors (Lipinski definition) is 7. The highest BCUT2D eigenvalue weighted by molar-refractivity contribution is 6.02. The Hall–Kier alpha value is -2.33. The van der Waals surface area contributed by atoms with Crippen LogP contribution in [0.15, 0.2) is 18.2 Å². The summed E-state index contributed by atoms with van der Waals surface area (Å²) in [5, 5.41) is 22.3. The molecule has 31 heavy (non-hydrogen) atoms. The first kappa shape index (κ1) is 21.9. The molecule has 9 nitrogen and oxygen atoms in total. The molecule has 3 aliphatic rings. The summed E-state index contributed by atoms with van der Waals surface area (Å²) < 4.78 is 4.55. The molecule has 3 amide bonds. The first-order chi connectivity index (χ1) is 15.0. The van der Waals surface area contributed by atoms with Crippen LogP contribution < -0.4 is 16.0 Å². The lowest BCUT2D eigenvalue weighted by atomic mass is 9.99. The molecule has 3 aliphatic heterocycles. The Balaban J connectivity index is 1.32. The number of imide groups is 1. The maximum absolute atomic E-state index is 13.4. The van der Waals surface area contributed by atoms with Gasteiger partial charge in [-0.15, -0.1) is 0 Å². The third kappa shape index (κ3) is 4.64. The molecule has 0 aliphatic carbocycles. The zero-order valence-corrected chi connectivity index (χ0v) is 17.7. The molecule has 0 radical (unpaired) electrons. The number of anilines is 1. The number of hydrogen-bond donors (Lipinski definition) is 3. The summed E-state index contributed by atoms with van der Waals surface area (Å²) in [5.74, 6) is -1.04. The van der Waals surface area contributed by atoms with Crippen molar-refractivity contribution in [2.75, 3.05) is 38.2 Å². The molecule has 3 N–H and O–H groups in total. The fourth-order valence-electron chi connectivity index (χ4n) is 4.66. The number of amides is 3. The van der Waals surface area contributed by atoms with Crippen LogP contribution in [0.4, 0.5) is 5.69 Å². The van der Waals surface area contributed by atoms with Crippen LogP contribution in [0.2, 0.25) is 0 Å². The second-order valence-corrected chi connectivity index (χ2v) is 8.61. The summed E-state index contributed by atoms with van der Waals surface area (Å²) in [5.41, 5.74) is 1.74. The van der Waals surface area contributed by atoms with E-state index in [1.807, 2.05) is 6.07 Å². The van der Waals surface area contributed by atoms with Gasteiger partial charge < -0.3 is 20.6 Å². The average Bonchev–Trinajstić information content (AvgIpc) is 3.03. The van der Waals surface area contributed by atoms with Crippen molar-refractivity contribution >= 4 is 23.4 Å². The zero-order valence-electron chi connectivity index (χ0n) is 17.7. The van der Waals surface area contributed by atoms with E-state index in [4.69, 9.17) is 4.74 Å².